The summed E-state index contributed by atoms with van der Waals surface area (Å²) < 4.78 is 43.4. The van der Waals surface area contributed by atoms with Crippen molar-refractivity contribution in [2.45, 2.75) is 37.5 Å². The number of ketones is 1. The van der Waals surface area contributed by atoms with Gasteiger partial charge in [-0.05, 0) is 38.5 Å². The van der Waals surface area contributed by atoms with Gasteiger partial charge in [-0.15, -0.1) is 0 Å². The molecule has 0 bridgehead atoms. The predicted octanol–water partition coefficient (Wildman–Crippen LogP) is 2.02. The van der Waals surface area contributed by atoms with Crippen molar-refractivity contribution >= 4 is 21.5 Å². The van der Waals surface area contributed by atoms with Gasteiger partial charge in [-0.2, -0.15) is 0 Å². The summed E-state index contributed by atoms with van der Waals surface area (Å²) in [7, 11) is -3.67. The molecule has 9 heteroatoms. The van der Waals surface area contributed by atoms with Crippen LogP contribution in [0.1, 0.15) is 42.5 Å². The van der Waals surface area contributed by atoms with Gasteiger partial charge in [-0.25, -0.2) is 12.8 Å². The highest BCUT2D eigenvalue weighted by Gasteiger charge is 2.49. The van der Waals surface area contributed by atoms with Crippen molar-refractivity contribution in [1.29, 1.82) is 0 Å². The van der Waals surface area contributed by atoms with E-state index in [1.165, 1.54) is 51.2 Å². The van der Waals surface area contributed by atoms with Crippen molar-refractivity contribution in [3.05, 3.63) is 53.2 Å². The van der Waals surface area contributed by atoms with Crippen LogP contribution in [0.5, 0.6) is 0 Å². The lowest BCUT2D eigenvalue weighted by Crippen LogP contribution is -2.55. The number of amidine groups is 1. The van der Waals surface area contributed by atoms with Gasteiger partial charge >= 0.3 is 0 Å². The van der Waals surface area contributed by atoms with E-state index in [0.29, 0.717) is 5.56 Å². The van der Waals surface area contributed by atoms with Gasteiger partial charge in [0.15, 0.2) is 9.84 Å². The smallest absolute Gasteiger partial charge is 0.205 e. The first-order valence-corrected chi connectivity index (χ1v) is 9.92. The number of carbonyl (C=O) groups is 1. The monoisotopic (exact) mass is 393 g/mol. The zero-order valence-electron chi connectivity index (χ0n) is 15.2. The van der Waals surface area contributed by atoms with E-state index < -0.39 is 25.9 Å². The fourth-order valence-electron chi connectivity index (χ4n) is 3.01. The first kappa shape index (κ1) is 19.2. The maximum absolute atomic E-state index is 14.6. The van der Waals surface area contributed by atoms with Crippen LogP contribution in [-0.2, 0) is 21.8 Å². The Labute approximate surface area is 156 Å². The Hall–Kier alpha value is -2.55. The van der Waals surface area contributed by atoms with Crippen LogP contribution in [0, 0.1) is 5.82 Å². The van der Waals surface area contributed by atoms with E-state index in [4.69, 9.17) is 10.3 Å². The quantitative estimate of drug-likeness (QED) is 0.795. The summed E-state index contributed by atoms with van der Waals surface area (Å²) in [5, 5.41) is 3.48. The van der Waals surface area contributed by atoms with Crippen molar-refractivity contribution in [1.82, 2.24) is 5.16 Å². The minimum absolute atomic E-state index is 0.0456. The van der Waals surface area contributed by atoms with E-state index in [9.17, 15) is 17.6 Å². The first-order valence-electron chi connectivity index (χ1n) is 8.27. The highest BCUT2D eigenvalue weighted by atomic mass is 32.2. The van der Waals surface area contributed by atoms with Gasteiger partial charge < -0.3 is 10.3 Å². The van der Waals surface area contributed by atoms with Gasteiger partial charge in [-0.3, -0.25) is 9.79 Å². The fourth-order valence-corrected chi connectivity index (χ4v) is 4.69. The fraction of sp³-hybridized carbons (Fsp3) is 0.389. The normalized spacial score (nSPS) is 23.6. The molecule has 2 heterocycles. The minimum atomic E-state index is -3.67. The summed E-state index contributed by atoms with van der Waals surface area (Å²) in [6.07, 6.45) is 1.31. The Kier molecular flexibility index (Phi) is 4.46. The van der Waals surface area contributed by atoms with E-state index >= 15 is 0 Å². The Morgan fingerprint density at radius 1 is 1.30 bits per heavy atom. The number of hydrogen-bond acceptors (Lipinski definition) is 7. The van der Waals surface area contributed by atoms with Crippen LogP contribution < -0.4 is 5.73 Å². The molecule has 1 aliphatic rings. The zero-order valence-corrected chi connectivity index (χ0v) is 16.0. The Bertz CT molecular complexity index is 1030. The lowest BCUT2D eigenvalue weighted by molar-refractivity contribution is 0.0957. The minimum Gasteiger partial charge on any atom is -0.386 e. The molecule has 7 nitrogen and oxygen atoms in total. The van der Waals surface area contributed by atoms with Crippen molar-refractivity contribution < 1.29 is 22.1 Å². The van der Waals surface area contributed by atoms with E-state index in [0.717, 1.165) is 0 Å². The Morgan fingerprint density at radius 2 is 2.00 bits per heavy atom. The van der Waals surface area contributed by atoms with Crippen LogP contribution in [-0.4, -0.2) is 35.7 Å². The SMILES string of the molecule is CC1(C)C(N)=N[C@](C)(c2cc(CC(=O)c3ccno3)ccc2F)CS1(=O)=O. The molecule has 0 saturated carbocycles. The van der Waals surface area contributed by atoms with E-state index in [-0.39, 0.29) is 35.1 Å². The van der Waals surface area contributed by atoms with Crippen LogP contribution in [0.2, 0.25) is 0 Å². The number of aliphatic imine (C=N–C) groups is 1. The molecule has 1 aliphatic heterocycles. The Morgan fingerprint density at radius 3 is 2.59 bits per heavy atom. The molecule has 0 saturated heterocycles. The van der Waals surface area contributed by atoms with Gasteiger partial charge in [-0.1, -0.05) is 11.2 Å². The van der Waals surface area contributed by atoms with Crippen molar-refractivity contribution in [2.24, 2.45) is 10.7 Å². The number of rotatable bonds is 4. The summed E-state index contributed by atoms with van der Waals surface area (Å²) in [6.45, 7) is 4.47. The van der Waals surface area contributed by atoms with Crippen LogP contribution in [0.3, 0.4) is 0 Å². The van der Waals surface area contributed by atoms with Gasteiger partial charge in [0, 0.05) is 18.1 Å². The first-order chi connectivity index (χ1) is 12.5. The number of nitrogens with zero attached hydrogens (tertiary/aromatic N) is 2. The van der Waals surface area contributed by atoms with Crippen LogP contribution >= 0.6 is 0 Å². The van der Waals surface area contributed by atoms with E-state index in [1.807, 2.05) is 0 Å². The number of nitrogens with two attached hydrogens (primary N) is 1. The third kappa shape index (κ3) is 3.27. The summed E-state index contributed by atoms with van der Waals surface area (Å²) in [5.41, 5.74) is 5.11. The molecule has 3 rings (SSSR count). The number of hydrogen-bond donors (Lipinski definition) is 1. The van der Waals surface area contributed by atoms with Crippen LogP contribution in [0.25, 0.3) is 0 Å². The predicted molar refractivity (Wildman–Crippen MR) is 97.8 cm³/mol. The number of benzene rings is 1. The molecule has 144 valence electrons. The molecule has 2 aromatic rings. The molecule has 2 N–H and O–H groups in total. The second-order valence-corrected chi connectivity index (χ2v) is 9.87. The summed E-state index contributed by atoms with van der Waals surface area (Å²) in [5.74, 6) is -1.30. The molecular formula is C18H20FN3O4S. The van der Waals surface area contributed by atoms with E-state index in [1.54, 1.807) is 0 Å². The molecule has 0 unspecified atom stereocenters. The lowest BCUT2D eigenvalue weighted by Gasteiger charge is -2.38. The third-order valence-electron chi connectivity index (χ3n) is 4.92. The van der Waals surface area contributed by atoms with Crippen molar-refractivity contribution in [2.75, 3.05) is 5.75 Å². The summed E-state index contributed by atoms with van der Waals surface area (Å²) >= 11 is 0. The largest absolute Gasteiger partial charge is 0.386 e. The molecule has 0 spiro atoms. The molecular weight excluding hydrogens is 373 g/mol. The van der Waals surface area contributed by atoms with E-state index in [2.05, 4.69) is 10.1 Å². The molecule has 0 aliphatic carbocycles. The second-order valence-electron chi connectivity index (χ2n) is 7.33. The molecule has 0 radical (unpaired) electrons. The van der Waals surface area contributed by atoms with Crippen molar-refractivity contribution in [3.8, 4) is 0 Å². The molecule has 1 aromatic heterocycles. The van der Waals surface area contributed by atoms with Gasteiger partial charge in [0.25, 0.3) is 0 Å². The Balaban J connectivity index is 2.02. The van der Waals surface area contributed by atoms with Gasteiger partial charge in [0.05, 0.1) is 11.9 Å². The average Bonchev–Trinajstić information content (AvgIpc) is 3.09. The molecule has 0 amide bonds. The molecule has 0 fully saturated rings. The number of sulfone groups is 1. The number of Topliss-reactive ketones (excluding diaryl/α,β-unsaturated/α-hetero) is 1. The number of aromatic nitrogens is 1. The topological polar surface area (TPSA) is 116 Å². The molecule has 1 aromatic carbocycles. The lowest BCUT2D eigenvalue weighted by atomic mass is 9.90. The second kappa shape index (κ2) is 6.26. The number of carbonyl (C=O) groups excluding carboxylic acids is 1. The van der Waals surface area contributed by atoms with Crippen LogP contribution in [0.15, 0.2) is 40.0 Å². The molecule has 27 heavy (non-hydrogen) atoms. The number of halogens is 1. The maximum Gasteiger partial charge on any atom is 0.205 e. The third-order valence-corrected chi connectivity index (χ3v) is 7.63. The van der Waals surface area contributed by atoms with Gasteiger partial charge in [0.1, 0.15) is 21.9 Å². The maximum atomic E-state index is 14.6. The van der Waals surface area contributed by atoms with Gasteiger partial charge in [0.2, 0.25) is 11.5 Å². The standard InChI is InChI=1S/C18H20FN3O4S/c1-17(2)16(20)22-18(3,10-27(17,24)25)12-8-11(4-5-13(12)19)9-14(23)15-6-7-21-26-15/h4-8H,9-10H2,1-3H3,(H2,20,22)/t18-/m0/s1. The zero-order chi connectivity index (χ0) is 20.0. The highest BCUT2D eigenvalue weighted by molar-refractivity contribution is 7.93. The highest BCUT2D eigenvalue weighted by Crippen LogP contribution is 2.38. The molecule has 1 atom stereocenters. The van der Waals surface area contributed by atoms with Crippen molar-refractivity contribution in [3.63, 3.8) is 0 Å². The summed E-state index contributed by atoms with van der Waals surface area (Å²) in [4.78, 5) is 16.5. The van der Waals surface area contributed by atoms with Crippen LogP contribution in [0.4, 0.5) is 4.39 Å². The average molecular weight is 393 g/mol. The summed E-state index contributed by atoms with van der Waals surface area (Å²) in [6, 6.07) is 5.55.